The molecular weight excluding hydrogens is 384 g/mol. The molecule has 0 amide bonds. The van der Waals surface area contributed by atoms with Gasteiger partial charge in [-0.25, -0.2) is 0 Å². The molecule has 112 valence electrons. The Morgan fingerprint density at radius 2 is 1.55 bits per heavy atom. The second-order valence-electron chi connectivity index (χ2n) is 3.60. The molecule has 0 atom stereocenters. The average molecular weight is 387 g/mol. The van der Waals surface area contributed by atoms with Gasteiger partial charge in [-0.3, -0.25) is 4.79 Å². The summed E-state index contributed by atoms with van der Waals surface area (Å²) in [5, 5.41) is -0.290. The van der Waals surface area contributed by atoms with Crippen molar-refractivity contribution in [2.24, 2.45) is 0 Å². The molecule has 0 heterocycles. The second-order valence-corrected chi connectivity index (χ2v) is 4.87. The number of rotatable bonds is 3. The number of carbonyl (C=O) groups excluding carboxylic acids is 1. The molecule has 0 N–H and O–H groups in total. The molecule has 0 saturated heterocycles. The molecule has 10 heteroatoms. The van der Waals surface area contributed by atoms with Crippen molar-refractivity contribution < 1.29 is 35.5 Å². The highest BCUT2D eigenvalue weighted by Crippen LogP contribution is 2.47. The van der Waals surface area contributed by atoms with Gasteiger partial charge < -0.3 is 0 Å². The number of Topliss-reactive ketones (excluding diaryl/α,β-unsaturated/α-hetero) is 1. The smallest absolute Gasteiger partial charge is 0.287 e. The van der Waals surface area contributed by atoms with Gasteiger partial charge in [0.1, 0.15) is 0 Å². The fraction of sp³-hybridized carbons (Fsp3) is 0.300. The fourth-order valence-electron chi connectivity index (χ4n) is 1.14. The van der Waals surface area contributed by atoms with Gasteiger partial charge in [-0.1, -0.05) is 11.6 Å². The summed E-state index contributed by atoms with van der Waals surface area (Å²) >= 11 is 8.30. The lowest BCUT2D eigenvalue weighted by atomic mass is 10.00. The topological polar surface area (TPSA) is 17.1 Å². The zero-order chi connectivity index (χ0) is 15.9. The molecule has 0 aromatic heterocycles. The Balaban J connectivity index is 3.28. The molecule has 1 nitrogen and oxygen atoms in total. The van der Waals surface area contributed by atoms with Gasteiger partial charge in [-0.05, 0) is 34.1 Å². The number of hydrogen-bond acceptors (Lipinski definition) is 1. The van der Waals surface area contributed by atoms with E-state index in [0.29, 0.717) is 12.1 Å². The molecule has 0 radical (unpaired) electrons. The van der Waals surface area contributed by atoms with E-state index >= 15 is 0 Å². The van der Waals surface area contributed by atoms with Crippen molar-refractivity contribution in [1.82, 2.24) is 0 Å². The number of halogens is 9. The molecule has 0 aliphatic rings. The minimum absolute atomic E-state index is 0.154. The SMILES string of the molecule is O=C(c1ccc(Br)c(Cl)c1)C(F)(F)C(F)(F)C(F)(F)F. The van der Waals surface area contributed by atoms with Crippen LogP contribution in [-0.4, -0.2) is 23.8 Å². The molecule has 0 fully saturated rings. The molecule has 1 aromatic carbocycles. The van der Waals surface area contributed by atoms with Crippen LogP contribution < -0.4 is 0 Å². The zero-order valence-electron chi connectivity index (χ0n) is 9.04. The van der Waals surface area contributed by atoms with Gasteiger partial charge in [0, 0.05) is 10.0 Å². The standard InChI is InChI=1S/C10H3BrClF7O/c11-5-2-1-4(3-6(5)12)7(20)8(13,14)9(15,16)10(17,18)19/h1-3H. The predicted octanol–water partition coefficient (Wildman–Crippen LogP) is 5.12. The fourth-order valence-corrected chi connectivity index (χ4v) is 1.57. The minimum Gasteiger partial charge on any atom is -0.287 e. The zero-order valence-corrected chi connectivity index (χ0v) is 11.4. The first-order chi connectivity index (χ1) is 8.82. The van der Waals surface area contributed by atoms with Crippen molar-refractivity contribution in [2.75, 3.05) is 0 Å². The van der Waals surface area contributed by atoms with E-state index in [1.807, 2.05) is 0 Å². The third-order valence-electron chi connectivity index (χ3n) is 2.22. The van der Waals surface area contributed by atoms with E-state index in [4.69, 9.17) is 11.6 Å². The quantitative estimate of drug-likeness (QED) is 0.520. The summed E-state index contributed by atoms with van der Waals surface area (Å²) in [4.78, 5) is 11.2. The van der Waals surface area contributed by atoms with E-state index in [1.165, 1.54) is 0 Å². The maximum atomic E-state index is 13.1. The Bertz CT molecular complexity index is 541. The van der Waals surface area contributed by atoms with Crippen LogP contribution in [0.25, 0.3) is 0 Å². The van der Waals surface area contributed by atoms with E-state index in [9.17, 15) is 35.5 Å². The lowest BCUT2D eigenvalue weighted by Crippen LogP contribution is -2.56. The number of alkyl halides is 7. The van der Waals surface area contributed by atoms with Gasteiger partial charge >= 0.3 is 18.0 Å². The molecule has 0 spiro atoms. The van der Waals surface area contributed by atoms with Gasteiger partial charge in [0.15, 0.2) is 0 Å². The molecule has 0 bridgehead atoms. The molecular formula is C10H3BrClF7O. The summed E-state index contributed by atoms with van der Waals surface area (Å²) in [6.45, 7) is 0. The van der Waals surface area contributed by atoms with Crippen molar-refractivity contribution in [3.8, 4) is 0 Å². The van der Waals surface area contributed by atoms with Gasteiger partial charge in [0.05, 0.1) is 5.02 Å². The number of benzene rings is 1. The second kappa shape index (κ2) is 5.18. The molecule has 0 saturated carbocycles. The highest BCUT2D eigenvalue weighted by atomic mass is 79.9. The Hall–Kier alpha value is -0.830. The van der Waals surface area contributed by atoms with Crippen LogP contribution in [0, 0.1) is 0 Å². The van der Waals surface area contributed by atoms with Gasteiger partial charge in [0.2, 0.25) is 5.78 Å². The predicted molar refractivity (Wildman–Crippen MR) is 59.4 cm³/mol. The molecule has 0 aliphatic heterocycles. The van der Waals surface area contributed by atoms with Crippen LogP contribution in [0.5, 0.6) is 0 Å². The van der Waals surface area contributed by atoms with Crippen molar-refractivity contribution in [1.29, 1.82) is 0 Å². The van der Waals surface area contributed by atoms with Crippen LogP contribution in [0.4, 0.5) is 30.7 Å². The van der Waals surface area contributed by atoms with Crippen molar-refractivity contribution >= 4 is 33.3 Å². The largest absolute Gasteiger partial charge is 0.460 e. The van der Waals surface area contributed by atoms with E-state index in [2.05, 4.69) is 15.9 Å². The maximum absolute atomic E-state index is 13.1. The number of ketones is 1. The summed E-state index contributed by atoms with van der Waals surface area (Å²) in [6, 6.07) is 2.18. The Kier molecular flexibility index (Phi) is 4.46. The van der Waals surface area contributed by atoms with Crippen LogP contribution in [0.2, 0.25) is 5.02 Å². The minimum atomic E-state index is -6.56. The highest BCUT2D eigenvalue weighted by molar-refractivity contribution is 9.10. The van der Waals surface area contributed by atoms with Crippen LogP contribution in [-0.2, 0) is 0 Å². The Morgan fingerprint density at radius 1 is 1.05 bits per heavy atom. The lowest BCUT2D eigenvalue weighted by molar-refractivity contribution is -0.339. The molecule has 1 aromatic rings. The summed E-state index contributed by atoms with van der Waals surface area (Å²) < 4.78 is 87.6. The van der Waals surface area contributed by atoms with Gasteiger partial charge in [-0.15, -0.1) is 0 Å². The first-order valence-electron chi connectivity index (χ1n) is 4.64. The normalized spacial score (nSPS) is 13.4. The third-order valence-corrected chi connectivity index (χ3v) is 3.45. The monoisotopic (exact) mass is 386 g/mol. The lowest BCUT2D eigenvalue weighted by Gasteiger charge is -2.27. The first-order valence-corrected chi connectivity index (χ1v) is 5.81. The Labute approximate surface area is 120 Å². The highest BCUT2D eigenvalue weighted by Gasteiger charge is 2.76. The van der Waals surface area contributed by atoms with Crippen LogP contribution >= 0.6 is 27.5 Å². The molecule has 20 heavy (non-hydrogen) atoms. The van der Waals surface area contributed by atoms with E-state index in [0.717, 1.165) is 6.07 Å². The maximum Gasteiger partial charge on any atom is 0.460 e. The van der Waals surface area contributed by atoms with E-state index < -0.39 is 29.4 Å². The number of carbonyl (C=O) groups is 1. The number of hydrogen-bond donors (Lipinski definition) is 0. The summed E-state index contributed by atoms with van der Waals surface area (Å²) in [6.07, 6.45) is -6.56. The first kappa shape index (κ1) is 17.2. The molecule has 0 aliphatic carbocycles. The van der Waals surface area contributed by atoms with Crippen molar-refractivity contribution in [2.45, 2.75) is 18.0 Å². The summed E-state index contributed by atoms with van der Waals surface area (Å²) in [5.41, 5.74) is -1.06. The third kappa shape index (κ3) is 2.78. The van der Waals surface area contributed by atoms with Crippen molar-refractivity contribution in [3.05, 3.63) is 33.3 Å². The molecule has 1 rings (SSSR count). The van der Waals surface area contributed by atoms with Crippen LogP contribution in [0.3, 0.4) is 0 Å². The Morgan fingerprint density at radius 3 is 1.95 bits per heavy atom. The summed E-state index contributed by atoms with van der Waals surface area (Å²) in [5.74, 6) is -15.1. The van der Waals surface area contributed by atoms with Crippen LogP contribution in [0.15, 0.2) is 22.7 Å². The van der Waals surface area contributed by atoms with Gasteiger partial charge in [0.25, 0.3) is 0 Å². The summed E-state index contributed by atoms with van der Waals surface area (Å²) in [7, 11) is 0. The average Bonchev–Trinajstić information content (AvgIpc) is 2.30. The van der Waals surface area contributed by atoms with E-state index in [-0.39, 0.29) is 9.50 Å². The van der Waals surface area contributed by atoms with Crippen molar-refractivity contribution in [3.63, 3.8) is 0 Å². The molecule has 0 unspecified atom stereocenters. The van der Waals surface area contributed by atoms with E-state index in [1.54, 1.807) is 0 Å². The van der Waals surface area contributed by atoms with Gasteiger partial charge in [-0.2, -0.15) is 30.7 Å². The van der Waals surface area contributed by atoms with Crippen LogP contribution in [0.1, 0.15) is 10.4 Å².